The van der Waals surface area contributed by atoms with E-state index in [0.717, 1.165) is 12.2 Å². The minimum atomic E-state index is -0.154. The molecule has 1 heterocycles. The minimum Gasteiger partial charge on any atom is -0.311 e. The third-order valence-corrected chi connectivity index (χ3v) is 3.14. The van der Waals surface area contributed by atoms with E-state index in [1.807, 2.05) is 26.0 Å². The maximum atomic E-state index is 12.2. The topological polar surface area (TPSA) is 56.1 Å². The Kier molecular flexibility index (Phi) is 3.35. The van der Waals surface area contributed by atoms with Gasteiger partial charge in [0.2, 0.25) is 5.91 Å². The van der Waals surface area contributed by atoms with E-state index in [1.54, 1.807) is 17.0 Å². The summed E-state index contributed by atoms with van der Waals surface area (Å²) in [6.45, 7) is 5.51. The number of nitrogens with zero attached hydrogens (tertiary/aromatic N) is 2. The van der Waals surface area contributed by atoms with E-state index in [4.69, 9.17) is 5.26 Å². The smallest absolute Gasteiger partial charge is 0.228 e. The van der Waals surface area contributed by atoms with Crippen LogP contribution in [-0.4, -0.2) is 24.5 Å². The van der Waals surface area contributed by atoms with Crippen molar-refractivity contribution in [3.05, 3.63) is 29.8 Å². The molecule has 0 spiro atoms. The summed E-state index contributed by atoms with van der Waals surface area (Å²) in [5, 5.41) is 12.1. The number of carbonyl (C=O) groups is 1. The number of nitrogens with one attached hydrogen (secondary N) is 1. The van der Waals surface area contributed by atoms with Crippen molar-refractivity contribution in [3.63, 3.8) is 0 Å². The second kappa shape index (κ2) is 4.79. The van der Waals surface area contributed by atoms with Crippen LogP contribution in [0.25, 0.3) is 0 Å². The molecular formula is C14H17N3O. The Morgan fingerprint density at radius 1 is 1.33 bits per heavy atom. The molecule has 1 aliphatic rings. The van der Waals surface area contributed by atoms with E-state index in [-0.39, 0.29) is 11.4 Å². The maximum absolute atomic E-state index is 12.2. The largest absolute Gasteiger partial charge is 0.311 e. The maximum Gasteiger partial charge on any atom is 0.228 e. The van der Waals surface area contributed by atoms with Crippen molar-refractivity contribution in [1.82, 2.24) is 5.32 Å². The zero-order valence-electron chi connectivity index (χ0n) is 10.7. The molecule has 4 nitrogen and oxygen atoms in total. The molecule has 0 atom stereocenters. The fourth-order valence-electron chi connectivity index (χ4n) is 2.16. The number of hydrogen-bond acceptors (Lipinski definition) is 3. The van der Waals surface area contributed by atoms with Gasteiger partial charge in [-0.15, -0.1) is 0 Å². The van der Waals surface area contributed by atoms with Crippen molar-refractivity contribution < 1.29 is 4.79 Å². The lowest BCUT2D eigenvalue weighted by molar-refractivity contribution is -0.119. The van der Waals surface area contributed by atoms with Crippen LogP contribution in [-0.2, 0) is 4.79 Å². The molecule has 0 saturated carbocycles. The molecule has 1 N–H and O–H groups in total. The Morgan fingerprint density at radius 3 is 2.61 bits per heavy atom. The van der Waals surface area contributed by atoms with Crippen molar-refractivity contribution in [2.45, 2.75) is 25.8 Å². The normalized spacial score (nSPS) is 19.2. The van der Waals surface area contributed by atoms with Crippen molar-refractivity contribution in [3.8, 4) is 6.07 Å². The molecule has 2 rings (SSSR count). The lowest BCUT2D eigenvalue weighted by atomic mass is 10.0. The van der Waals surface area contributed by atoms with E-state index in [9.17, 15) is 4.79 Å². The summed E-state index contributed by atoms with van der Waals surface area (Å²) in [6.07, 6.45) is 0.479. The molecule has 94 valence electrons. The third-order valence-electron chi connectivity index (χ3n) is 3.14. The molecule has 0 radical (unpaired) electrons. The Bertz CT molecular complexity index is 485. The average Bonchev–Trinajstić information content (AvgIpc) is 2.47. The van der Waals surface area contributed by atoms with Crippen LogP contribution in [0.3, 0.4) is 0 Å². The molecule has 4 heteroatoms. The van der Waals surface area contributed by atoms with Gasteiger partial charge < -0.3 is 10.2 Å². The monoisotopic (exact) mass is 243 g/mol. The zero-order valence-corrected chi connectivity index (χ0v) is 10.7. The first kappa shape index (κ1) is 12.6. The van der Waals surface area contributed by atoms with Crippen LogP contribution in [0.15, 0.2) is 24.3 Å². The number of hydrogen-bond donors (Lipinski definition) is 1. The molecule has 0 unspecified atom stereocenters. The summed E-state index contributed by atoms with van der Waals surface area (Å²) in [6, 6.07) is 9.22. The van der Waals surface area contributed by atoms with Gasteiger partial charge >= 0.3 is 0 Å². The fraction of sp³-hybridized carbons (Fsp3) is 0.429. The van der Waals surface area contributed by atoms with Gasteiger partial charge in [0.15, 0.2) is 0 Å². The Hall–Kier alpha value is -1.86. The van der Waals surface area contributed by atoms with Crippen LogP contribution in [0.1, 0.15) is 25.8 Å². The highest BCUT2D eigenvalue weighted by molar-refractivity contribution is 5.94. The first-order valence-electron chi connectivity index (χ1n) is 6.07. The molecule has 0 bridgehead atoms. The highest BCUT2D eigenvalue weighted by atomic mass is 16.2. The molecule has 18 heavy (non-hydrogen) atoms. The predicted octanol–water partition coefficient (Wildman–Crippen LogP) is 1.66. The fourth-order valence-corrected chi connectivity index (χ4v) is 2.16. The van der Waals surface area contributed by atoms with Gasteiger partial charge in [-0.25, -0.2) is 0 Å². The summed E-state index contributed by atoms with van der Waals surface area (Å²) in [5.74, 6) is 0.120. The summed E-state index contributed by atoms with van der Waals surface area (Å²) in [4.78, 5) is 14.0. The molecule has 0 aromatic heterocycles. The number of benzene rings is 1. The zero-order chi connectivity index (χ0) is 13.2. The first-order valence-corrected chi connectivity index (χ1v) is 6.07. The number of anilines is 1. The molecule has 1 aromatic carbocycles. The SMILES string of the molecule is CC1(C)CC(=O)N(c2ccc(C#N)cc2)CCN1. The number of carbonyl (C=O) groups excluding carboxylic acids is 1. The van der Waals surface area contributed by atoms with Crippen LogP contribution in [0.4, 0.5) is 5.69 Å². The van der Waals surface area contributed by atoms with Gasteiger partial charge in [0, 0.05) is 30.7 Å². The van der Waals surface area contributed by atoms with E-state index in [1.165, 1.54) is 0 Å². The van der Waals surface area contributed by atoms with Crippen LogP contribution < -0.4 is 10.2 Å². The van der Waals surface area contributed by atoms with Gasteiger partial charge in [0.1, 0.15) is 0 Å². The van der Waals surface area contributed by atoms with Crippen molar-refractivity contribution >= 4 is 11.6 Å². The van der Waals surface area contributed by atoms with E-state index in [0.29, 0.717) is 18.5 Å². The molecule has 1 amide bonds. The van der Waals surface area contributed by atoms with Gasteiger partial charge in [-0.05, 0) is 38.1 Å². The van der Waals surface area contributed by atoms with Crippen LogP contribution in [0, 0.1) is 11.3 Å². The van der Waals surface area contributed by atoms with E-state index >= 15 is 0 Å². The van der Waals surface area contributed by atoms with Crippen molar-refractivity contribution in [1.29, 1.82) is 5.26 Å². The summed E-state index contributed by atoms with van der Waals surface area (Å²) < 4.78 is 0. The Balaban J connectivity index is 2.22. The minimum absolute atomic E-state index is 0.120. The van der Waals surface area contributed by atoms with Crippen molar-refractivity contribution in [2.24, 2.45) is 0 Å². The standard InChI is InChI=1S/C14H17N3O/c1-14(2)9-13(18)17(8-7-16-14)12-5-3-11(10-15)4-6-12/h3-6,16H,7-9H2,1-2H3. The predicted molar refractivity (Wildman–Crippen MR) is 70.2 cm³/mol. The summed E-state index contributed by atoms with van der Waals surface area (Å²) in [7, 11) is 0. The Labute approximate surface area is 107 Å². The van der Waals surface area contributed by atoms with Gasteiger partial charge in [-0.3, -0.25) is 4.79 Å². The number of rotatable bonds is 1. The highest BCUT2D eigenvalue weighted by Crippen LogP contribution is 2.21. The van der Waals surface area contributed by atoms with Gasteiger partial charge in [0.25, 0.3) is 0 Å². The second-order valence-corrected chi connectivity index (χ2v) is 5.19. The molecule has 1 aromatic rings. The molecular weight excluding hydrogens is 226 g/mol. The molecule has 1 saturated heterocycles. The van der Waals surface area contributed by atoms with Gasteiger partial charge in [-0.1, -0.05) is 0 Å². The van der Waals surface area contributed by atoms with Gasteiger partial charge in [-0.2, -0.15) is 5.26 Å². The Morgan fingerprint density at radius 2 is 2.00 bits per heavy atom. The van der Waals surface area contributed by atoms with Crippen LogP contribution in [0.5, 0.6) is 0 Å². The third kappa shape index (κ3) is 2.69. The molecule has 1 fully saturated rings. The average molecular weight is 243 g/mol. The molecule has 0 aliphatic carbocycles. The summed E-state index contributed by atoms with van der Waals surface area (Å²) in [5.41, 5.74) is 1.32. The van der Waals surface area contributed by atoms with Crippen LogP contribution >= 0.6 is 0 Å². The summed E-state index contributed by atoms with van der Waals surface area (Å²) >= 11 is 0. The number of amides is 1. The highest BCUT2D eigenvalue weighted by Gasteiger charge is 2.28. The van der Waals surface area contributed by atoms with Crippen LogP contribution in [0.2, 0.25) is 0 Å². The van der Waals surface area contributed by atoms with Gasteiger partial charge in [0.05, 0.1) is 11.6 Å². The second-order valence-electron chi connectivity index (χ2n) is 5.19. The van der Waals surface area contributed by atoms with E-state index < -0.39 is 0 Å². The lowest BCUT2D eigenvalue weighted by Crippen LogP contribution is -2.39. The van der Waals surface area contributed by atoms with Crippen molar-refractivity contribution in [2.75, 3.05) is 18.0 Å². The number of nitriles is 1. The lowest BCUT2D eigenvalue weighted by Gasteiger charge is -2.23. The van der Waals surface area contributed by atoms with E-state index in [2.05, 4.69) is 11.4 Å². The molecule has 1 aliphatic heterocycles. The first-order chi connectivity index (χ1) is 8.52. The quantitative estimate of drug-likeness (QED) is 0.816.